The molecule has 49 heavy (non-hydrogen) atoms. The topological polar surface area (TPSA) is 25.8 Å². The number of fused-ring (bicyclic) bond motifs is 5. The van der Waals surface area contributed by atoms with Gasteiger partial charge in [0.1, 0.15) is 0 Å². The zero-order valence-corrected chi connectivity index (χ0v) is 27.6. The van der Waals surface area contributed by atoms with E-state index in [0.717, 1.165) is 33.9 Å². The molecule has 1 aromatic heterocycles. The van der Waals surface area contributed by atoms with Crippen molar-refractivity contribution >= 4 is 10.8 Å². The van der Waals surface area contributed by atoms with Crippen molar-refractivity contribution in [3.63, 3.8) is 0 Å². The maximum atomic E-state index is 5.37. The molecule has 1 aliphatic carbocycles. The quantitative estimate of drug-likeness (QED) is 0.190. The second-order valence-electron chi connectivity index (χ2n) is 13.4. The van der Waals surface area contributed by atoms with Gasteiger partial charge in [-0.2, -0.15) is 0 Å². The van der Waals surface area contributed by atoms with Crippen molar-refractivity contribution in [2.75, 3.05) is 0 Å². The van der Waals surface area contributed by atoms with Crippen LogP contribution in [-0.2, 0) is 5.41 Å². The maximum absolute atomic E-state index is 5.37. The Bertz CT molecular complexity index is 2490. The predicted molar refractivity (Wildman–Crippen MR) is 204 cm³/mol. The largest absolute Gasteiger partial charge is 0.228 e. The van der Waals surface area contributed by atoms with Gasteiger partial charge in [0.2, 0.25) is 0 Å². The minimum absolute atomic E-state index is 0.277. The molecule has 0 saturated carbocycles. The predicted octanol–water partition coefficient (Wildman–Crippen LogP) is 12.3. The summed E-state index contributed by atoms with van der Waals surface area (Å²) >= 11 is 0. The first-order chi connectivity index (χ1) is 24.0. The first-order valence-electron chi connectivity index (χ1n) is 16.9. The van der Waals surface area contributed by atoms with Gasteiger partial charge in [-0.3, -0.25) is 0 Å². The van der Waals surface area contributed by atoms with Crippen LogP contribution in [0.3, 0.4) is 0 Å². The first kappa shape index (κ1) is 29.1. The molecule has 2 heteroatoms. The molecule has 0 spiro atoms. The summed E-state index contributed by atoms with van der Waals surface area (Å²) in [4.78, 5) is 10.7. The molecular formula is C47H34N2. The summed E-state index contributed by atoms with van der Waals surface area (Å²) in [7, 11) is 0. The summed E-state index contributed by atoms with van der Waals surface area (Å²) in [6, 6.07) is 60.6. The van der Waals surface area contributed by atoms with E-state index in [9.17, 15) is 0 Å². The van der Waals surface area contributed by atoms with E-state index in [2.05, 4.69) is 178 Å². The van der Waals surface area contributed by atoms with Crippen molar-refractivity contribution in [3.8, 4) is 67.3 Å². The zero-order chi connectivity index (χ0) is 33.0. The van der Waals surface area contributed by atoms with Crippen molar-refractivity contribution in [1.82, 2.24) is 9.97 Å². The van der Waals surface area contributed by atoms with E-state index >= 15 is 0 Å². The second-order valence-corrected chi connectivity index (χ2v) is 13.4. The zero-order valence-electron chi connectivity index (χ0n) is 27.6. The van der Waals surface area contributed by atoms with E-state index in [1.165, 1.54) is 55.3 Å². The highest BCUT2D eigenvalue weighted by Crippen LogP contribution is 2.53. The first-order valence-corrected chi connectivity index (χ1v) is 16.9. The monoisotopic (exact) mass is 626 g/mol. The van der Waals surface area contributed by atoms with Gasteiger partial charge in [-0.25, -0.2) is 9.97 Å². The molecule has 8 aromatic rings. The highest BCUT2D eigenvalue weighted by atomic mass is 14.9. The minimum atomic E-state index is -0.277. The fourth-order valence-electron chi connectivity index (χ4n) is 7.55. The van der Waals surface area contributed by atoms with Gasteiger partial charge in [0.05, 0.1) is 11.4 Å². The summed E-state index contributed by atoms with van der Waals surface area (Å²) in [5.74, 6) is 0.747. The molecule has 0 aliphatic heterocycles. The van der Waals surface area contributed by atoms with Crippen LogP contribution < -0.4 is 0 Å². The fourth-order valence-corrected chi connectivity index (χ4v) is 7.55. The third kappa shape index (κ3) is 4.96. The van der Waals surface area contributed by atoms with E-state index in [1.54, 1.807) is 0 Å². The molecule has 1 heterocycles. The van der Waals surface area contributed by atoms with Gasteiger partial charge in [0, 0.05) is 27.7 Å². The number of benzene rings is 7. The Balaban J connectivity index is 1.18. The Morgan fingerprint density at radius 1 is 0.388 bits per heavy atom. The van der Waals surface area contributed by atoms with Gasteiger partial charge < -0.3 is 0 Å². The minimum Gasteiger partial charge on any atom is -0.228 e. The van der Waals surface area contributed by atoms with Crippen LogP contribution in [0.1, 0.15) is 25.0 Å². The summed E-state index contributed by atoms with van der Waals surface area (Å²) in [5.41, 5.74) is 14.7. The highest BCUT2D eigenvalue weighted by Gasteiger charge is 2.41. The average molecular weight is 627 g/mol. The van der Waals surface area contributed by atoms with Gasteiger partial charge >= 0.3 is 0 Å². The number of nitrogens with zero attached hydrogens (tertiary/aromatic N) is 2. The highest BCUT2D eigenvalue weighted by molar-refractivity contribution is 6.03. The van der Waals surface area contributed by atoms with Crippen LogP contribution >= 0.6 is 0 Å². The van der Waals surface area contributed by atoms with Crippen LogP contribution in [0.2, 0.25) is 0 Å². The van der Waals surface area contributed by atoms with Crippen LogP contribution in [0.25, 0.3) is 78.1 Å². The summed E-state index contributed by atoms with van der Waals surface area (Å²) in [6.45, 7) is 4.63. The van der Waals surface area contributed by atoms with Gasteiger partial charge in [-0.05, 0) is 61.8 Å². The summed E-state index contributed by atoms with van der Waals surface area (Å²) in [5, 5.41) is 2.46. The molecule has 7 aromatic carbocycles. The van der Waals surface area contributed by atoms with Crippen molar-refractivity contribution < 1.29 is 0 Å². The maximum Gasteiger partial charge on any atom is 0.160 e. The van der Waals surface area contributed by atoms with Crippen LogP contribution in [0.4, 0.5) is 0 Å². The van der Waals surface area contributed by atoms with Crippen molar-refractivity contribution in [3.05, 3.63) is 181 Å². The van der Waals surface area contributed by atoms with Crippen LogP contribution in [0.15, 0.2) is 170 Å². The molecule has 2 nitrogen and oxygen atoms in total. The van der Waals surface area contributed by atoms with Crippen LogP contribution in [0.5, 0.6) is 0 Å². The van der Waals surface area contributed by atoms with E-state index in [4.69, 9.17) is 9.97 Å². The lowest BCUT2D eigenvalue weighted by Crippen LogP contribution is -2.17. The molecule has 0 N–H and O–H groups in total. The molecule has 9 rings (SSSR count). The molecule has 0 saturated heterocycles. The van der Waals surface area contributed by atoms with E-state index in [-0.39, 0.29) is 5.41 Å². The van der Waals surface area contributed by atoms with Crippen molar-refractivity contribution in [2.24, 2.45) is 0 Å². The molecule has 232 valence electrons. The fraction of sp³-hybridized carbons (Fsp3) is 0.0638. The third-order valence-electron chi connectivity index (χ3n) is 10.1. The molecule has 1 aliphatic rings. The van der Waals surface area contributed by atoms with Gasteiger partial charge in [-0.1, -0.05) is 172 Å². The van der Waals surface area contributed by atoms with E-state index < -0.39 is 0 Å². The van der Waals surface area contributed by atoms with Crippen molar-refractivity contribution in [1.29, 1.82) is 0 Å². The number of hydrogen-bond acceptors (Lipinski definition) is 2. The standard InChI is InChI=1S/C47H34N2/c1-47(2)41-28-27-34-15-9-10-22-40(34)42(41)45-43(47)44(48-46(49-45)35-16-7-4-8-17-35)39-21-12-20-38(30-39)37-19-11-18-36(29-37)33-25-23-32(24-26-33)31-13-5-3-6-14-31/h3-30H,1-2H3. The normalized spacial score (nSPS) is 12.9. The summed E-state index contributed by atoms with van der Waals surface area (Å²) < 4.78 is 0. The van der Waals surface area contributed by atoms with Crippen molar-refractivity contribution in [2.45, 2.75) is 19.3 Å². The average Bonchev–Trinajstić information content (AvgIpc) is 3.41. The lowest BCUT2D eigenvalue weighted by atomic mass is 9.80. The molecule has 0 unspecified atom stereocenters. The Kier molecular flexibility index (Phi) is 6.84. The lowest BCUT2D eigenvalue weighted by molar-refractivity contribution is 0.658. The van der Waals surface area contributed by atoms with Gasteiger partial charge in [0.25, 0.3) is 0 Å². The Morgan fingerprint density at radius 2 is 0.878 bits per heavy atom. The van der Waals surface area contributed by atoms with Gasteiger partial charge in [0.15, 0.2) is 5.82 Å². The molecule has 0 radical (unpaired) electrons. The smallest absolute Gasteiger partial charge is 0.160 e. The number of rotatable bonds is 5. The Labute approximate surface area is 287 Å². The van der Waals surface area contributed by atoms with E-state index in [1.807, 2.05) is 6.07 Å². The molecule has 0 bridgehead atoms. The molecule has 0 amide bonds. The third-order valence-corrected chi connectivity index (χ3v) is 10.1. The van der Waals surface area contributed by atoms with E-state index in [0.29, 0.717) is 0 Å². The number of aromatic nitrogens is 2. The Morgan fingerprint density at radius 3 is 1.57 bits per heavy atom. The molecule has 0 fully saturated rings. The summed E-state index contributed by atoms with van der Waals surface area (Å²) in [6.07, 6.45) is 0. The molecular weight excluding hydrogens is 593 g/mol. The SMILES string of the molecule is CC1(C)c2ccc3ccccc3c2-c2nc(-c3ccccc3)nc(-c3cccc(-c4cccc(-c5ccc(-c6ccccc6)cc5)c4)c3)c21. The lowest BCUT2D eigenvalue weighted by Gasteiger charge is -2.24. The number of hydrogen-bond donors (Lipinski definition) is 0. The molecule has 0 atom stereocenters. The Hall–Kier alpha value is -6.12. The van der Waals surface area contributed by atoms with Crippen LogP contribution in [0, 0.1) is 0 Å². The van der Waals surface area contributed by atoms with Crippen LogP contribution in [-0.4, -0.2) is 9.97 Å². The van der Waals surface area contributed by atoms with Gasteiger partial charge in [-0.15, -0.1) is 0 Å². The second kappa shape index (κ2) is 11.5.